The third-order valence-electron chi connectivity index (χ3n) is 1.89. The van der Waals surface area contributed by atoms with Gasteiger partial charge in [0.05, 0.1) is 0 Å². The minimum absolute atomic E-state index is 0.163. The SMILES string of the molecule is Clc1ccccc1[Te][Te]c1ccccc1Cl. The maximum absolute atomic E-state index is 6.15. The summed E-state index contributed by atoms with van der Waals surface area (Å²) >= 11 is 12.0. The average Bonchev–Trinajstić information content (AvgIpc) is 2.30. The van der Waals surface area contributed by atoms with E-state index < -0.39 is 0 Å². The molecule has 16 heavy (non-hydrogen) atoms. The van der Waals surface area contributed by atoms with Gasteiger partial charge in [-0.05, 0) is 0 Å². The maximum atomic E-state index is 6.15. The van der Waals surface area contributed by atoms with Gasteiger partial charge in [0, 0.05) is 0 Å². The molecule has 0 saturated heterocycles. The van der Waals surface area contributed by atoms with Crippen LogP contribution in [0.1, 0.15) is 0 Å². The standard InChI is InChI=1S/C12H8Cl2Te2/c13-9-5-1-3-7-11(9)15-16-12-8-4-2-6-10(12)14/h1-8H. The molecular formula is C12H8Cl2Te2. The summed E-state index contributed by atoms with van der Waals surface area (Å²) in [6.45, 7) is 0. The van der Waals surface area contributed by atoms with Crippen molar-refractivity contribution in [3.63, 3.8) is 0 Å². The molecule has 0 unspecified atom stereocenters. The second-order valence-corrected chi connectivity index (χ2v) is 13.7. The number of rotatable bonds is 3. The Hall–Kier alpha value is 0.599. The van der Waals surface area contributed by atoms with Crippen LogP contribution in [0.5, 0.6) is 0 Å². The molecule has 0 N–H and O–H groups in total. The molecule has 2 aromatic rings. The van der Waals surface area contributed by atoms with Gasteiger partial charge in [-0.2, -0.15) is 0 Å². The molecule has 0 atom stereocenters. The van der Waals surface area contributed by atoms with Crippen molar-refractivity contribution in [3.8, 4) is 0 Å². The van der Waals surface area contributed by atoms with E-state index in [1.807, 2.05) is 24.3 Å². The first-order valence-electron chi connectivity index (χ1n) is 4.61. The molecule has 0 fully saturated rings. The normalized spacial score (nSPS) is 10.4. The van der Waals surface area contributed by atoms with Crippen LogP contribution < -0.4 is 7.22 Å². The van der Waals surface area contributed by atoms with E-state index in [4.69, 9.17) is 23.2 Å². The quantitative estimate of drug-likeness (QED) is 0.595. The first kappa shape index (κ1) is 13.0. The Balaban J connectivity index is 2.09. The Morgan fingerprint density at radius 3 is 1.38 bits per heavy atom. The van der Waals surface area contributed by atoms with E-state index in [0.29, 0.717) is 0 Å². The molecule has 2 rings (SSSR count). The van der Waals surface area contributed by atoms with E-state index in [1.165, 1.54) is 7.22 Å². The molecule has 82 valence electrons. The van der Waals surface area contributed by atoms with Crippen molar-refractivity contribution < 1.29 is 0 Å². The molecule has 0 aliphatic rings. The molecule has 0 aliphatic carbocycles. The first-order chi connectivity index (χ1) is 7.77. The zero-order valence-corrected chi connectivity index (χ0v) is 14.4. The summed E-state index contributed by atoms with van der Waals surface area (Å²) in [6.07, 6.45) is 0. The number of benzene rings is 2. The van der Waals surface area contributed by atoms with Gasteiger partial charge in [0.15, 0.2) is 0 Å². The van der Waals surface area contributed by atoms with Crippen LogP contribution in [0.4, 0.5) is 0 Å². The Morgan fingerprint density at radius 1 is 0.625 bits per heavy atom. The molecule has 4 heteroatoms. The van der Waals surface area contributed by atoms with E-state index in [9.17, 15) is 0 Å². The Morgan fingerprint density at radius 2 is 1.00 bits per heavy atom. The van der Waals surface area contributed by atoms with Crippen molar-refractivity contribution in [1.29, 1.82) is 0 Å². The van der Waals surface area contributed by atoms with Crippen LogP contribution in [0.25, 0.3) is 0 Å². The monoisotopic (exact) mass is 482 g/mol. The van der Waals surface area contributed by atoms with Gasteiger partial charge in [-0.15, -0.1) is 0 Å². The van der Waals surface area contributed by atoms with E-state index >= 15 is 0 Å². The van der Waals surface area contributed by atoms with Crippen molar-refractivity contribution in [3.05, 3.63) is 58.6 Å². The van der Waals surface area contributed by atoms with Crippen LogP contribution >= 0.6 is 23.2 Å². The summed E-state index contributed by atoms with van der Waals surface area (Å²) < 4.78 is 2.72. The Labute approximate surface area is 122 Å². The number of hydrogen-bond donors (Lipinski definition) is 0. The van der Waals surface area contributed by atoms with Gasteiger partial charge in [-0.3, -0.25) is 0 Å². The molecule has 0 radical (unpaired) electrons. The summed E-state index contributed by atoms with van der Waals surface area (Å²) in [5, 5.41) is 1.84. The van der Waals surface area contributed by atoms with Crippen LogP contribution in [-0.2, 0) is 0 Å². The van der Waals surface area contributed by atoms with E-state index in [0.717, 1.165) is 10.0 Å². The zero-order chi connectivity index (χ0) is 11.4. The third-order valence-corrected chi connectivity index (χ3v) is 15.0. The van der Waals surface area contributed by atoms with Crippen LogP contribution in [0.2, 0.25) is 10.0 Å². The minimum atomic E-state index is -0.163. The second kappa shape index (κ2) is 6.51. The number of halogens is 2. The molecule has 0 spiro atoms. The average molecular weight is 478 g/mol. The topological polar surface area (TPSA) is 0 Å². The van der Waals surface area contributed by atoms with Crippen LogP contribution in [-0.4, -0.2) is 34.1 Å². The fourth-order valence-corrected chi connectivity index (χ4v) is 15.0. The van der Waals surface area contributed by atoms with Gasteiger partial charge < -0.3 is 0 Å². The molecule has 0 saturated carbocycles. The Kier molecular flexibility index (Phi) is 5.31. The van der Waals surface area contributed by atoms with Gasteiger partial charge in [0.1, 0.15) is 0 Å². The van der Waals surface area contributed by atoms with Crippen LogP contribution in [0.3, 0.4) is 0 Å². The van der Waals surface area contributed by atoms with Gasteiger partial charge in [0.2, 0.25) is 0 Å². The summed E-state index contributed by atoms with van der Waals surface area (Å²) in [5.41, 5.74) is 0. The summed E-state index contributed by atoms with van der Waals surface area (Å²) in [6, 6.07) is 16.3. The zero-order valence-electron chi connectivity index (χ0n) is 8.19. The van der Waals surface area contributed by atoms with Gasteiger partial charge in [0.25, 0.3) is 0 Å². The summed E-state index contributed by atoms with van der Waals surface area (Å²) in [5.74, 6) is 0. The predicted octanol–water partition coefficient (Wildman–Crippen LogP) is 2.27. The van der Waals surface area contributed by atoms with Crippen molar-refractivity contribution in [2.45, 2.75) is 0 Å². The molecule has 0 nitrogen and oxygen atoms in total. The molecule has 0 bridgehead atoms. The van der Waals surface area contributed by atoms with E-state index in [2.05, 4.69) is 24.3 Å². The predicted molar refractivity (Wildman–Crippen MR) is 73.7 cm³/mol. The third kappa shape index (κ3) is 3.54. The van der Waals surface area contributed by atoms with Crippen molar-refractivity contribution in [1.82, 2.24) is 0 Å². The van der Waals surface area contributed by atoms with Crippen molar-refractivity contribution >= 4 is 64.5 Å². The molecule has 2 aromatic carbocycles. The molecule has 0 aromatic heterocycles. The van der Waals surface area contributed by atoms with Crippen molar-refractivity contribution in [2.24, 2.45) is 0 Å². The van der Waals surface area contributed by atoms with Gasteiger partial charge in [-0.25, -0.2) is 0 Å². The molecule has 0 amide bonds. The molecule has 0 heterocycles. The first-order valence-corrected chi connectivity index (χ1v) is 15.0. The van der Waals surface area contributed by atoms with E-state index in [-0.39, 0.29) is 34.1 Å². The summed E-state index contributed by atoms with van der Waals surface area (Å²) in [7, 11) is 0. The second-order valence-electron chi connectivity index (χ2n) is 3.03. The van der Waals surface area contributed by atoms with Gasteiger partial charge in [-0.1, -0.05) is 0 Å². The fourth-order valence-electron chi connectivity index (χ4n) is 1.11. The fraction of sp³-hybridized carbons (Fsp3) is 0. The molecule has 0 aliphatic heterocycles. The van der Waals surface area contributed by atoms with Crippen molar-refractivity contribution in [2.75, 3.05) is 0 Å². The molecular weight excluding hydrogens is 470 g/mol. The van der Waals surface area contributed by atoms with Crippen LogP contribution in [0, 0.1) is 0 Å². The van der Waals surface area contributed by atoms with Gasteiger partial charge >= 0.3 is 123 Å². The van der Waals surface area contributed by atoms with E-state index in [1.54, 1.807) is 0 Å². The summed E-state index contributed by atoms with van der Waals surface area (Å²) in [4.78, 5) is 0. The number of hydrogen-bond acceptors (Lipinski definition) is 0. The van der Waals surface area contributed by atoms with Crippen LogP contribution in [0.15, 0.2) is 48.5 Å². The Bertz CT molecular complexity index is 440.